The lowest BCUT2D eigenvalue weighted by atomic mass is 10.1. The maximum Gasteiger partial charge on any atom is 0.261 e. The molecule has 0 aliphatic heterocycles. The first kappa shape index (κ1) is 14.5. The first-order chi connectivity index (χ1) is 10.5. The summed E-state index contributed by atoms with van der Waals surface area (Å²) in [4.78, 5) is 0.146. The Labute approximate surface area is 128 Å². The third-order valence-electron chi connectivity index (χ3n) is 3.46. The Balaban J connectivity index is 1.98. The molecule has 1 N–H and O–H groups in total. The zero-order chi connectivity index (χ0) is 15.7. The van der Waals surface area contributed by atoms with Crippen molar-refractivity contribution in [3.05, 3.63) is 72.0 Å². The van der Waals surface area contributed by atoms with Crippen LogP contribution in [0.1, 0.15) is 5.56 Å². The zero-order valence-corrected chi connectivity index (χ0v) is 12.7. The van der Waals surface area contributed by atoms with E-state index in [9.17, 15) is 12.8 Å². The number of sulfonamides is 1. The Bertz CT molecular complexity index is 952. The lowest BCUT2D eigenvalue weighted by Gasteiger charge is -2.09. The zero-order valence-electron chi connectivity index (χ0n) is 11.9. The van der Waals surface area contributed by atoms with Gasteiger partial charge in [-0.2, -0.15) is 0 Å². The van der Waals surface area contributed by atoms with Crippen molar-refractivity contribution in [1.29, 1.82) is 0 Å². The van der Waals surface area contributed by atoms with E-state index in [2.05, 4.69) is 4.72 Å². The Hall–Kier alpha value is -2.40. The highest BCUT2D eigenvalue weighted by molar-refractivity contribution is 7.92. The van der Waals surface area contributed by atoms with Gasteiger partial charge in [0.25, 0.3) is 10.0 Å². The van der Waals surface area contributed by atoms with Crippen molar-refractivity contribution in [2.24, 2.45) is 0 Å². The first-order valence-electron chi connectivity index (χ1n) is 6.73. The van der Waals surface area contributed by atoms with Crippen molar-refractivity contribution in [1.82, 2.24) is 0 Å². The molecule has 3 nitrogen and oxygen atoms in total. The second-order valence-electron chi connectivity index (χ2n) is 5.08. The van der Waals surface area contributed by atoms with E-state index < -0.39 is 15.8 Å². The van der Waals surface area contributed by atoms with Crippen molar-refractivity contribution in [2.45, 2.75) is 11.8 Å². The van der Waals surface area contributed by atoms with Crippen molar-refractivity contribution >= 4 is 26.5 Å². The summed E-state index contributed by atoms with van der Waals surface area (Å²) in [6.07, 6.45) is 0. The van der Waals surface area contributed by atoms with E-state index in [0.717, 1.165) is 10.8 Å². The fourth-order valence-electron chi connectivity index (χ4n) is 2.20. The van der Waals surface area contributed by atoms with E-state index in [1.807, 2.05) is 24.3 Å². The summed E-state index contributed by atoms with van der Waals surface area (Å²) in [5.41, 5.74) is 0.671. The lowest BCUT2D eigenvalue weighted by Crippen LogP contribution is -2.13. The molecule has 0 radical (unpaired) electrons. The number of rotatable bonds is 3. The quantitative estimate of drug-likeness (QED) is 0.791. The number of hydrogen-bond donors (Lipinski definition) is 1. The number of halogens is 1. The molecule has 0 heterocycles. The van der Waals surface area contributed by atoms with Crippen LogP contribution in [0, 0.1) is 12.7 Å². The van der Waals surface area contributed by atoms with Gasteiger partial charge in [-0.25, -0.2) is 12.8 Å². The van der Waals surface area contributed by atoms with Crippen molar-refractivity contribution in [3.63, 3.8) is 0 Å². The summed E-state index contributed by atoms with van der Waals surface area (Å²) in [7, 11) is -3.75. The summed E-state index contributed by atoms with van der Waals surface area (Å²) in [5.74, 6) is -0.446. The van der Waals surface area contributed by atoms with Gasteiger partial charge in [0, 0.05) is 0 Å². The molecule has 0 fully saturated rings. The molecule has 112 valence electrons. The Morgan fingerprint density at radius 3 is 2.36 bits per heavy atom. The van der Waals surface area contributed by atoms with Gasteiger partial charge in [0.15, 0.2) is 0 Å². The smallest absolute Gasteiger partial charge is 0.261 e. The molecule has 0 saturated heterocycles. The predicted octanol–water partition coefficient (Wildman–Crippen LogP) is 4.09. The summed E-state index contributed by atoms with van der Waals surface area (Å²) >= 11 is 0. The highest BCUT2D eigenvalue weighted by Gasteiger charge is 2.15. The van der Waals surface area contributed by atoms with Gasteiger partial charge in [0.1, 0.15) is 5.82 Å². The van der Waals surface area contributed by atoms with Gasteiger partial charge in [-0.1, -0.05) is 36.4 Å². The van der Waals surface area contributed by atoms with Crippen LogP contribution < -0.4 is 4.72 Å². The molecule has 0 aliphatic rings. The average Bonchev–Trinajstić information content (AvgIpc) is 2.50. The normalized spacial score (nSPS) is 11.5. The highest BCUT2D eigenvalue weighted by Crippen LogP contribution is 2.22. The summed E-state index contributed by atoms with van der Waals surface area (Å²) < 4.78 is 40.7. The van der Waals surface area contributed by atoms with Gasteiger partial charge >= 0.3 is 0 Å². The molecule has 0 spiro atoms. The minimum atomic E-state index is -3.75. The van der Waals surface area contributed by atoms with E-state index in [0.29, 0.717) is 5.56 Å². The van der Waals surface area contributed by atoms with Gasteiger partial charge in [-0.3, -0.25) is 4.72 Å². The summed E-state index contributed by atoms with van der Waals surface area (Å²) in [6.45, 7) is 1.62. The van der Waals surface area contributed by atoms with Crippen molar-refractivity contribution < 1.29 is 12.8 Å². The molecule has 0 unspecified atom stereocenters. The highest BCUT2D eigenvalue weighted by atomic mass is 32.2. The van der Waals surface area contributed by atoms with Crippen LogP contribution in [0.2, 0.25) is 0 Å². The third kappa shape index (κ3) is 2.80. The van der Waals surface area contributed by atoms with Crippen LogP contribution in [-0.2, 0) is 10.0 Å². The topological polar surface area (TPSA) is 46.2 Å². The third-order valence-corrected chi connectivity index (χ3v) is 4.83. The first-order valence-corrected chi connectivity index (χ1v) is 8.22. The lowest BCUT2D eigenvalue weighted by molar-refractivity contribution is 0.601. The molecule has 0 aliphatic carbocycles. The number of nitrogens with one attached hydrogen (secondary N) is 1. The fraction of sp³-hybridized carbons (Fsp3) is 0.0588. The Kier molecular flexibility index (Phi) is 3.58. The molecule has 0 amide bonds. The summed E-state index contributed by atoms with van der Waals surface area (Å²) in [5, 5.41) is 1.79. The molecule has 0 aromatic heterocycles. The summed E-state index contributed by atoms with van der Waals surface area (Å²) in [6, 6.07) is 16.6. The molecule has 3 aromatic carbocycles. The molecule has 0 atom stereocenters. The second kappa shape index (κ2) is 5.42. The van der Waals surface area contributed by atoms with Crippen LogP contribution >= 0.6 is 0 Å². The maximum atomic E-state index is 13.5. The van der Waals surface area contributed by atoms with Crippen LogP contribution in [0.5, 0.6) is 0 Å². The minimum absolute atomic E-state index is 0.146. The monoisotopic (exact) mass is 315 g/mol. The SMILES string of the molecule is Cc1ccc(NS(=O)(=O)c2ccc3ccccc3c2)cc1F. The van der Waals surface area contributed by atoms with Gasteiger partial charge in [-0.05, 0) is 47.5 Å². The molecular weight excluding hydrogens is 301 g/mol. The standard InChI is InChI=1S/C17H14FNO2S/c1-12-6-8-15(11-17(12)18)19-22(20,21)16-9-7-13-4-2-3-5-14(13)10-16/h2-11,19H,1H3. The average molecular weight is 315 g/mol. The van der Waals surface area contributed by atoms with Crippen molar-refractivity contribution in [2.75, 3.05) is 4.72 Å². The van der Waals surface area contributed by atoms with Crippen LogP contribution in [0.4, 0.5) is 10.1 Å². The van der Waals surface area contributed by atoms with E-state index in [1.54, 1.807) is 19.1 Å². The second-order valence-corrected chi connectivity index (χ2v) is 6.76. The van der Waals surface area contributed by atoms with Gasteiger partial charge in [-0.15, -0.1) is 0 Å². The largest absolute Gasteiger partial charge is 0.280 e. The van der Waals surface area contributed by atoms with Crippen LogP contribution in [0.15, 0.2) is 65.6 Å². The molecule has 0 saturated carbocycles. The molecule has 3 aromatic rings. The molecular formula is C17H14FNO2S. The number of anilines is 1. The van der Waals surface area contributed by atoms with Crippen LogP contribution in [-0.4, -0.2) is 8.42 Å². The minimum Gasteiger partial charge on any atom is -0.280 e. The van der Waals surface area contributed by atoms with Gasteiger partial charge < -0.3 is 0 Å². The number of hydrogen-bond acceptors (Lipinski definition) is 2. The molecule has 3 rings (SSSR count). The maximum absolute atomic E-state index is 13.5. The van der Waals surface area contributed by atoms with Crippen LogP contribution in [0.3, 0.4) is 0 Å². The number of benzene rings is 3. The van der Waals surface area contributed by atoms with E-state index >= 15 is 0 Å². The van der Waals surface area contributed by atoms with Gasteiger partial charge in [0.05, 0.1) is 10.6 Å². The Morgan fingerprint density at radius 1 is 0.909 bits per heavy atom. The molecule has 0 bridgehead atoms. The van der Waals surface area contributed by atoms with Crippen molar-refractivity contribution in [3.8, 4) is 0 Å². The number of aryl methyl sites for hydroxylation is 1. The van der Waals surface area contributed by atoms with E-state index in [-0.39, 0.29) is 10.6 Å². The van der Waals surface area contributed by atoms with E-state index in [4.69, 9.17) is 0 Å². The Morgan fingerprint density at radius 2 is 1.64 bits per heavy atom. The fourth-order valence-corrected chi connectivity index (χ4v) is 3.29. The number of fused-ring (bicyclic) bond motifs is 1. The predicted molar refractivity (Wildman–Crippen MR) is 85.9 cm³/mol. The van der Waals surface area contributed by atoms with Gasteiger partial charge in [0.2, 0.25) is 0 Å². The van der Waals surface area contributed by atoms with Crippen LogP contribution in [0.25, 0.3) is 10.8 Å². The molecule has 5 heteroatoms. The molecule has 22 heavy (non-hydrogen) atoms. The van der Waals surface area contributed by atoms with E-state index in [1.165, 1.54) is 24.3 Å².